The normalized spacial score (nSPS) is 12.4. The Morgan fingerprint density at radius 2 is 1.72 bits per heavy atom. The molecule has 0 saturated heterocycles. The van der Waals surface area contributed by atoms with Gasteiger partial charge in [0.1, 0.15) is 18.4 Å². The van der Waals surface area contributed by atoms with Crippen molar-refractivity contribution in [3.63, 3.8) is 0 Å². The van der Waals surface area contributed by atoms with Crippen molar-refractivity contribution in [2.75, 3.05) is 20.3 Å². The molecular formula is C27H40ClN5O6. The molecule has 0 fully saturated rings. The molecule has 12 heteroatoms. The molecule has 1 aromatic rings. The summed E-state index contributed by atoms with van der Waals surface area (Å²) in [5, 5.41) is 5.35. The summed E-state index contributed by atoms with van der Waals surface area (Å²) in [5.41, 5.74) is 11.7. The van der Waals surface area contributed by atoms with Crippen LogP contribution >= 0.6 is 0 Å². The number of benzene rings is 1. The van der Waals surface area contributed by atoms with Crippen molar-refractivity contribution >= 4 is 29.5 Å². The topological polar surface area (TPSA) is 177 Å². The average Bonchev–Trinajstić information content (AvgIpc) is 2.88. The average molecular weight is 566 g/mol. The minimum atomic E-state index is -0.929. The van der Waals surface area contributed by atoms with Gasteiger partial charge in [0, 0.05) is 19.3 Å². The van der Waals surface area contributed by atoms with Gasteiger partial charge < -0.3 is 32.5 Å². The number of esters is 1. The minimum absolute atomic E-state index is 0. The van der Waals surface area contributed by atoms with Gasteiger partial charge in [-0.2, -0.15) is 0 Å². The highest BCUT2D eigenvalue weighted by atomic mass is 35.5. The Balaban J connectivity index is 0.0000144. The van der Waals surface area contributed by atoms with Gasteiger partial charge in [-0.1, -0.05) is 30.9 Å². The molecule has 39 heavy (non-hydrogen) atoms. The third kappa shape index (κ3) is 14.0. The summed E-state index contributed by atoms with van der Waals surface area (Å²) in [6, 6.07) is 5.37. The van der Waals surface area contributed by atoms with Gasteiger partial charge >= 0.3 is 11.9 Å². The molecule has 1 aromatic carbocycles. The van der Waals surface area contributed by atoms with E-state index in [1.165, 1.54) is 20.1 Å². The Morgan fingerprint density at radius 1 is 1.05 bits per heavy atom. The van der Waals surface area contributed by atoms with Crippen molar-refractivity contribution in [1.82, 2.24) is 10.6 Å². The standard InChI is InChI=1S/C27H39N5O6.ClH/c1-5-8-22(26(36)37-4)32-25(35)20(9-7-14-30-27(28)29)17-24(34)23(31-18(3)33)16-19-10-12-21(13-11-19)38-15-6-2;/h5-6,10-13,20,22-23H,1-2,7-9,14-17H2,3-4H3,(H,31,33)(H,32,35)(H4,28,29,30);1H/t20-,22+,23-;/m0./s1. The molecule has 0 saturated carbocycles. The molecule has 0 aromatic heterocycles. The number of ether oxygens (including phenoxy) is 2. The van der Waals surface area contributed by atoms with Crippen molar-refractivity contribution in [3.05, 3.63) is 55.1 Å². The molecule has 0 aliphatic rings. The monoisotopic (exact) mass is 565 g/mol. The molecular weight excluding hydrogens is 526 g/mol. The van der Waals surface area contributed by atoms with E-state index >= 15 is 0 Å². The quantitative estimate of drug-likeness (QED) is 0.0396. The SMILES string of the molecule is C=CCOc1ccc(C[C@H](NC(C)=O)C(=O)C[C@H](CCC[NH+]=C(N)N)C(=O)N[C@H](CC=C)C(=O)OC)cc1.[Cl-]. The number of nitrogens with two attached hydrogens (primary N) is 2. The van der Waals surface area contributed by atoms with E-state index in [1.807, 2.05) is 0 Å². The highest BCUT2D eigenvalue weighted by Crippen LogP contribution is 2.18. The van der Waals surface area contributed by atoms with Crippen LogP contribution in [0.25, 0.3) is 0 Å². The van der Waals surface area contributed by atoms with Crippen molar-refractivity contribution in [2.24, 2.45) is 17.4 Å². The van der Waals surface area contributed by atoms with Crippen LogP contribution in [0.1, 0.15) is 38.2 Å². The molecule has 7 N–H and O–H groups in total. The Morgan fingerprint density at radius 3 is 2.26 bits per heavy atom. The van der Waals surface area contributed by atoms with Crippen molar-refractivity contribution in [3.8, 4) is 5.75 Å². The van der Waals surface area contributed by atoms with E-state index in [0.29, 0.717) is 31.7 Å². The number of Topliss-reactive ketones (excluding diaryl/α,β-unsaturated/α-hetero) is 1. The Labute approximate surface area is 235 Å². The maximum atomic E-state index is 13.4. The maximum absolute atomic E-state index is 13.4. The van der Waals surface area contributed by atoms with Crippen molar-refractivity contribution in [2.45, 2.75) is 51.1 Å². The van der Waals surface area contributed by atoms with E-state index in [2.05, 4.69) is 28.8 Å². The summed E-state index contributed by atoms with van der Waals surface area (Å²) in [4.78, 5) is 53.2. The molecule has 0 spiro atoms. The fourth-order valence-corrected chi connectivity index (χ4v) is 3.71. The predicted molar refractivity (Wildman–Crippen MR) is 144 cm³/mol. The van der Waals surface area contributed by atoms with Crippen LogP contribution < -0.4 is 44.2 Å². The number of carbonyl (C=O) groups is 4. The second-order valence-corrected chi connectivity index (χ2v) is 8.70. The summed E-state index contributed by atoms with van der Waals surface area (Å²) >= 11 is 0. The number of amides is 2. The van der Waals surface area contributed by atoms with Gasteiger partial charge in [0.2, 0.25) is 11.8 Å². The molecule has 216 valence electrons. The summed E-state index contributed by atoms with van der Waals surface area (Å²) in [6.07, 6.45) is 4.16. The van der Waals surface area contributed by atoms with Crippen LogP contribution in [0.5, 0.6) is 5.75 Å². The fraction of sp³-hybridized carbons (Fsp3) is 0.444. The zero-order chi connectivity index (χ0) is 28.5. The number of hydrogen-bond donors (Lipinski definition) is 5. The van der Waals surface area contributed by atoms with Crippen LogP contribution in [0.3, 0.4) is 0 Å². The van der Waals surface area contributed by atoms with E-state index < -0.39 is 29.9 Å². The van der Waals surface area contributed by atoms with E-state index in [0.717, 1.165) is 5.56 Å². The van der Waals surface area contributed by atoms with E-state index in [1.54, 1.807) is 30.3 Å². The van der Waals surface area contributed by atoms with Crippen molar-refractivity contribution in [1.29, 1.82) is 0 Å². The van der Waals surface area contributed by atoms with Gasteiger partial charge in [0.15, 0.2) is 5.78 Å². The van der Waals surface area contributed by atoms with Crippen molar-refractivity contribution < 1.29 is 46.1 Å². The fourth-order valence-electron chi connectivity index (χ4n) is 3.71. The summed E-state index contributed by atoms with van der Waals surface area (Å²) in [7, 11) is 1.22. The van der Waals surface area contributed by atoms with Gasteiger partial charge in [0.05, 0.1) is 19.7 Å². The highest BCUT2D eigenvalue weighted by molar-refractivity contribution is 5.93. The first kappa shape index (κ1) is 35.1. The van der Waals surface area contributed by atoms with Gasteiger partial charge in [-0.05, 0) is 43.4 Å². The summed E-state index contributed by atoms with van der Waals surface area (Å²) in [5.74, 6) is -1.86. The van der Waals surface area contributed by atoms with Crippen LogP contribution in [0.4, 0.5) is 0 Å². The number of rotatable bonds is 18. The molecule has 3 atom stereocenters. The first-order valence-electron chi connectivity index (χ1n) is 12.3. The summed E-state index contributed by atoms with van der Waals surface area (Å²) in [6.45, 7) is 9.30. The molecule has 1 rings (SSSR count). The Kier molecular flexibility index (Phi) is 17.3. The van der Waals surface area contributed by atoms with Crippen LogP contribution in [0.2, 0.25) is 0 Å². The number of ketones is 1. The zero-order valence-corrected chi connectivity index (χ0v) is 23.3. The van der Waals surface area contributed by atoms with E-state index in [4.69, 9.17) is 20.9 Å². The second kappa shape index (κ2) is 19.2. The van der Waals surface area contributed by atoms with Gasteiger partial charge in [-0.15, -0.1) is 6.58 Å². The molecule has 0 heterocycles. The van der Waals surface area contributed by atoms with Gasteiger partial charge in [0.25, 0.3) is 0 Å². The number of hydrogen-bond acceptors (Lipinski definition) is 6. The number of halogens is 1. The number of guanidine groups is 1. The predicted octanol–water partition coefficient (Wildman–Crippen LogP) is -3.75. The lowest BCUT2D eigenvalue weighted by atomic mass is 9.90. The summed E-state index contributed by atoms with van der Waals surface area (Å²) < 4.78 is 10.2. The lowest BCUT2D eigenvalue weighted by molar-refractivity contribution is -0.459. The van der Waals surface area contributed by atoms with Crippen LogP contribution in [-0.2, 0) is 30.3 Å². The molecule has 0 aliphatic heterocycles. The molecule has 0 radical (unpaired) electrons. The second-order valence-electron chi connectivity index (χ2n) is 8.70. The Hall–Kier alpha value is -3.86. The van der Waals surface area contributed by atoms with Crippen LogP contribution in [0.15, 0.2) is 49.6 Å². The largest absolute Gasteiger partial charge is 1.00 e. The van der Waals surface area contributed by atoms with Gasteiger partial charge in [-0.25, -0.2) is 4.79 Å². The first-order chi connectivity index (χ1) is 18.1. The van der Waals surface area contributed by atoms with E-state index in [9.17, 15) is 19.2 Å². The number of carbonyl (C=O) groups excluding carboxylic acids is 4. The number of methoxy groups -OCH3 is 1. The third-order valence-corrected chi connectivity index (χ3v) is 5.58. The zero-order valence-electron chi connectivity index (χ0n) is 22.5. The molecule has 0 aliphatic carbocycles. The van der Waals surface area contributed by atoms with Crippen LogP contribution in [0, 0.1) is 5.92 Å². The smallest absolute Gasteiger partial charge is 0.338 e. The molecule has 2 amide bonds. The third-order valence-electron chi connectivity index (χ3n) is 5.58. The molecule has 0 bridgehead atoms. The highest BCUT2D eigenvalue weighted by Gasteiger charge is 2.30. The number of nitrogens with one attached hydrogen (secondary N) is 3. The van der Waals surface area contributed by atoms with Crippen LogP contribution in [-0.4, -0.2) is 61.9 Å². The Bertz CT molecular complexity index is 995. The lowest BCUT2D eigenvalue weighted by Gasteiger charge is -2.23. The first-order valence-corrected chi connectivity index (χ1v) is 12.3. The molecule has 11 nitrogen and oxygen atoms in total. The minimum Gasteiger partial charge on any atom is -1.00 e. The van der Waals surface area contributed by atoms with Gasteiger partial charge in [-0.3, -0.25) is 30.8 Å². The maximum Gasteiger partial charge on any atom is 0.338 e. The molecule has 0 unspecified atom stereocenters. The lowest BCUT2D eigenvalue weighted by Crippen LogP contribution is -3.00. The van der Waals surface area contributed by atoms with E-state index in [-0.39, 0.29) is 49.3 Å².